The molecule has 1 unspecified atom stereocenters. The largest absolute Gasteiger partial charge is 0.0848 e. The molecule has 0 aliphatic rings. The van der Waals surface area contributed by atoms with E-state index in [0.29, 0.717) is 5.92 Å². The van der Waals surface area contributed by atoms with Gasteiger partial charge >= 0.3 is 0 Å². The highest BCUT2D eigenvalue weighted by Gasteiger charge is 1.99. The summed E-state index contributed by atoms with van der Waals surface area (Å²) in [7, 11) is 0. The third-order valence-corrected chi connectivity index (χ3v) is 1.77. The minimum absolute atomic E-state index is 0.714. The average Bonchev–Trinajstić information content (AvgIpc) is 1.97. The van der Waals surface area contributed by atoms with Gasteiger partial charge in [-0.25, -0.2) is 0 Å². The van der Waals surface area contributed by atoms with Crippen LogP contribution in [0.5, 0.6) is 0 Å². The van der Waals surface area contributed by atoms with Crippen LogP contribution in [0.15, 0.2) is 24.3 Å². The molecule has 0 aromatic heterocycles. The Morgan fingerprint density at radius 2 is 1.75 bits per heavy atom. The summed E-state index contributed by atoms with van der Waals surface area (Å²) in [4.78, 5) is 0. The van der Waals surface area contributed by atoms with Gasteiger partial charge in [0, 0.05) is 0 Å². The molecule has 0 rings (SSSR count). The molecule has 0 aliphatic heterocycles. The molecule has 0 aromatic carbocycles. The van der Waals surface area contributed by atoms with Crippen molar-refractivity contribution in [1.29, 1.82) is 0 Å². The second-order valence-electron chi connectivity index (χ2n) is 3.83. The number of allylic oxidation sites excluding steroid dienone is 4. The van der Waals surface area contributed by atoms with E-state index in [9.17, 15) is 0 Å². The zero-order valence-electron chi connectivity index (χ0n) is 8.88. The lowest BCUT2D eigenvalue weighted by Crippen LogP contribution is -1.95. The summed E-state index contributed by atoms with van der Waals surface area (Å²) in [5.74, 6) is 1.52. The van der Waals surface area contributed by atoms with Crippen LogP contribution >= 0.6 is 0 Å². The number of hydrogen-bond donors (Lipinski definition) is 0. The van der Waals surface area contributed by atoms with Crippen LogP contribution in [0.4, 0.5) is 0 Å². The average molecular weight is 166 g/mol. The van der Waals surface area contributed by atoms with E-state index >= 15 is 0 Å². The Morgan fingerprint density at radius 1 is 1.08 bits per heavy atom. The Hall–Kier alpha value is -0.520. The summed E-state index contributed by atoms with van der Waals surface area (Å²) in [5, 5.41) is 0. The van der Waals surface area contributed by atoms with Gasteiger partial charge in [-0.15, -0.1) is 0 Å². The predicted molar refractivity (Wildman–Crippen MR) is 57.2 cm³/mol. The Labute approximate surface area is 77.4 Å². The molecule has 0 fully saturated rings. The summed E-state index contributed by atoms with van der Waals surface area (Å²) in [6, 6.07) is 0. The summed E-state index contributed by atoms with van der Waals surface area (Å²) >= 11 is 0. The monoisotopic (exact) mass is 166 g/mol. The van der Waals surface area contributed by atoms with Crippen LogP contribution in [0.3, 0.4) is 0 Å². The highest BCUT2D eigenvalue weighted by Crippen LogP contribution is 2.11. The van der Waals surface area contributed by atoms with Gasteiger partial charge in [0.05, 0.1) is 0 Å². The lowest BCUT2D eigenvalue weighted by Gasteiger charge is -2.07. The van der Waals surface area contributed by atoms with E-state index in [-0.39, 0.29) is 0 Å². The summed E-state index contributed by atoms with van der Waals surface area (Å²) in [5.41, 5.74) is 0. The standard InChI is InChI=1S/C12H22/c1-5-6-7-8-9-12(4)10-11(2)3/h6-9,11-12H,5,10H2,1-4H3. The highest BCUT2D eigenvalue weighted by molar-refractivity contribution is 5.03. The second-order valence-corrected chi connectivity index (χ2v) is 3.83. The molecular weight excluding hydrogens is 144 g/mol. The molecule has 0 spiro atoms. The fourth-order valence-corrected chi connectivity index (χ4v) is 1.29. The molecule has 0 saturated heterocycles. The van der Waals surface area contributed by atoms with Crippen LogP contribution in [-0.2, 0) is 0 Å². The van der Waals surface area contributed by atoms with Gasteiger partial charge in [-0.3, -0.25) is 0 Å². The molecule has 0 aromatic rings. The van der Waals surface area contributed by atoms with Gasteiger partial charge < -0.3 is 0 Å². The van der Waals surface area contributed by atoms with Crippen LogP contribution in [0, 0.1) is 11.8 Å². The first-order valence-corrected chi connectivity index (χ1v) is 5.00. The van der Waals surface area contributed by atoms with Crippen LogP contribution < -0.4 is 0 Å². The smallest absolute Gasteiger partial charge is 0.0256 e. The fourth-order valence-electron chi connectivity index (χ4n) is 1.29. The first-order valence-electron chi connectivity index (χ1n) is 5.00. The predicted octanol–water partition coefficient (Wildman–Crippen LogP) is 4.19. The highest BCUT2D eigenvalue weighted by atomic mass is 14.0. The Morgan fingerprint density at radius 3 is 2.25 bits per heavy atom. The lowest BCUT2D eigenvalue weighted by molar-refractivity contribution is 0.503. The van der Waals surface area contributed by atoms with Gasteiger partial charge in [-0.2, -0.15) is 0 Å². The van der Waals surface area contributed by atoms with E-state index < -0.39 is 0 Å². The third kappa shape index (κ3) is 7.59. The maximum Gasteiger partial charge on any atom is -0.0256 e. The maximum absolute atomic E-state index is 2.28. The van der Waals surface area contributed by atoms with Gasteiger partial charge in [0.25, 0.3) is 0 Å². The molecule has 0 heteroatoms. The van der Waals surface area contributed by atoms with Gasteiger partial charge in [0.1, 0.15) is 0 Å². The van der Waals surface area contributed by atoms with Crippen LogP contribution in [0.25, 0.3) is 0 Å². The Bertz CT molecular complexity index is 140. The second kappa shape index (κ2) is 7.15. The molecule has 12 heavy (non-hydrogen) atoms. The van der Waals surface area contributed by atoms with Crippen molar-refractivity contribution >= 4 is 0 Å². The van der Waals surface area contributed by atoms with E-state index in [1.165, 1.54) is 6.42 Å². The molecule has 0 amide bonds. The molecule has 0 aliphatic carbocycles. The van der Waals surface area contributed by atoms with E-state index in [1.54, 1.807) is 0 Å². The zero-order valence-corrected chi connectivity index (χ0v) is 8.88. The van der Waals surface area contributed by atoms with Crippen molar-refractivity contribution in [3.05, 3.63) is 24.3 Å². The Kier molecular flexibility index (Phi) is 6.84. The van der Waals surface area contributed by atoms with Gasteiger partial charge in [-0.05, 0) is 24.7 Å². The van der Waals surface area contributed by atoms with E-state index in [4.69, 9.17) is 0 Å². The SMILES string of the molecule is CCC=CC=CC(C)CC(C)C. The minimum atomic E-state index is 0.714. The topological polar surface area (TPSA) is 0 Å². The normalized spacial score (nSPS) is 15.1. The molecular formula is C12H22. The van der Waals surface area contributed by atoms with Crippen LogP contribution in [-0.4, -0.2) is 0 Å². The zero-order chi connectivity index (χ0) is 9.40. The molecule has 0 saturated carbocycles. The lowest BCUT2D eigenvalue weighted by atomic mass is 9.98. The van der Waals surface area contributed by atoms with Crippen molar-refractivity contribution < 1.29 is 0 Å². The molecule has 0 N–H and O–H groups in total. The molecule has 70 valence electrons. The molecule has 0 radical (unpaired) electrons. The summed E-state index contributed by atoms with van der Waals surface area (Å²) < 4.78 is 0. The van der Waals surface area contributed by atoms with E-state index in [2.05, 4.69) is 52.0 Å². The van der Waals surface area contributed by atoms with Gasteiger partial charge in [0.15, 0.2) is 0 Å². The van der Waals surface area contributed by atoms with E-state index in [1.807, 2.05) is 0 Å². The van der Waals surface area contributed by atoms with Crippen molar-refractivity contribution in [2.75, 3.05) is 0 Å². The third-order valence-electron chi connectivity index (χ3n) is 1.77. The first kappa shape index (κ1) is 11.5. The number of rotatable bonds is 5. The molecule has 0 nitrogen and oxygen atoms in total. The van der Waals surface area contributed by atoms with Crippen molar-refractivity contribution in [1.82, 2.24) is 0 Å². The van der Waals surface area contributed by atoms with Crippen molar-refractivity contribution in [3.8, 4) is 0 Å². The van der Waals surface area contributed by atoms with Crippen molar-refractivity contribution in [2.45, 2.75) is 40.5 Å². The first-order chi connectivity index (χ1) is 5.66. The van der Waals surface area contributed by atoms with E-state index in [0.717, 1.165) is 12.3 Å². The molecule has 0 heterocycles. The minimum Gasteiger partial charge on any atom is -0.0848 e. The van der Waals surface area contributed by atoms with Gasteiger partial charge in [0.2, 0.25) is 0 Å². The van der Waals surface area contributed by atoms with Gasteiger partial charge in [-0.1, -0.05) is 52.0 Å². The maximum atomic E-state index is 2.28. The summed E-state index contributed by atoms with van der Waals surface area (Å²) in [6.45, 7) is 8.97. The summed E-state index contributed by atoms with van der Waals surface area (Å²) in [6.07, 6.45) is 11.2. The number of hydrogen-bond acceptors (Lipinski definition) is 0. The quantitative estimate of drug-likeness (QED) is 0.537. The Balaban J connectivity index is 3.60. The van der Waals surface area contributed by atoms with Crippen LogP contribution in [0.2, 0.25) is 0 Å². The van der Waals surface area contributed by atoms with Crippen LogP contribution in [0.1, 0.15) is 40.5 Å². The van der Waals surface area contributed by atoms with Crippen molar-refractivity contribution in [2.24, 2.45) is 11.8 Å². The molecule has 0 bridgehead atoms. The fraction of sp³-hybridized carbons (Fsp3) is 0.667. The molecule has 1 atom stereocenters. The van der Waals surface area contributed by atoms with Crippen molar-refractivity contribution in [3.63, 3.8) is 0 Å².